The molecule has 0 aliphatic carbocycles. The van der Waals surface area contributed by atoms with Gasteiger partial charge in [-0.3, -0.25) is 14.0 Å². The zero-order valence-electron chi connectivity index (χ0n) is 13.8. The van der Waals surface area contributed by atoms with Crippen LogP contribution in [0.2, 0.25) is 0 Å². The smallest absolute Gasteiger partial charge is 0.219 e. The largest absolute Gasteiger partial charge is 0.355 e. The molecule has 1 atom stereocenters. The van der Waals surface area contributed by atoms with Crippen molar-refractivity contribution >= 4 is 22.7 Å². The van der Waals surface area contributed by atoms with Gasteiger partial charge in [0.15, 0.2) is 5.96 Å². The number of rotatable bonds is 3. The number of hydrogen-bond acceptors (Lipinski definition) is 3. The Labute approximate surface area is 130 Å². The van der Waals surface area contributed by atoms with Crippen LogP contribution in [0.25, 0.3) is 0 Å². The maximum atomic E-state index is 12.0. The van der Waals surface area contributed by atoms with Crippen LogP contribution in [0, 0.1) is 0 Å². The standard InChI is InChI=1S/C14H28N4O2S/c1-12(19)17-7-9-18(10-8-17)13(15-5)16-6-11-21(20)14(2,3)4/h6-11H2,1-5H3,(H,15,16). The zero-order valence-corrected chi connectivity index (χ0v) is 14.6. The van der Waals surface area contributed by atoms with E-state index >= 15 is 0 Å². The predicted octanol–water partition coefficient (Wildman–Crippen LogP) is 0.273. The van der Waals surface area contributed by atoms with Crippen LogP contribution in [-0.2, 0) is 15.6 Å². The summed E-state index contributed by atoms with van der Waals surface area (Å²) in [6.07, 6.45) is 0. The fraction of sp³-hybridized carbons (Fsp3) is 0.857. The molecule has 0 spiro atoms. The molecule has 1 amide bonds. The van der Waals surface area contributed by atoms with E-state index in [2.05, 4.69) is 15.2 Å². The maximum absolute atomic E-state index is 12.0. The van der Waals surface area contributed by atoms with Crippen molar-refractivity contribution in [2.45, 2.75) is 32.4 Å². The highest BCUT2D eigenvalue weighted by molar-refractivity contribution is 7.86. The summed E-state index contributed by atoms with van der Waals surface area (Å²) >= 11 is 0. The normalized spacial score (nSPS) is 18.6. The zero-order chi connectivity index (χ0) is 16.0. The molecule has 122 valence electrons. The minimum atomic E-state index is -0.861. The van der Waals surface area contributed by atoms with Crippen LogP contribution in [0.3, 0.4) is 0 Å². The molecule has 0 radical (unpaired) electrons. The van der Waals surface area contributed by atoms with E-state index in [0.29, 0.717) is 12.3 Å². The van der Waals surface area contributed by atoms with Crippen LogP contribution in [0.5, 0.6) is 0 Å². The van der Waals surface area contributed by atoms with Gasteiger partial charge in [0.2, 0.25) is 5.91 Å². The lowest BCUT2D eigenvalue weighted by Gasteiger charge is -2.36. The van der Waals surface area contributed by atoms with Crippen molar-refractivity contribution in [2.24, 2.45) is 4.99 Å². The number of piperazine rings is 1. The van der Waals surface area contributed by atoms with Crippen molar-refractivity contribution in [2.75, 3.05) is 45.5 Å². The Kier molecular flexibility index (Phi) is 6.64. The summed E-state index contributed by atoms with van der Waals surface area (Å²) < 4.78 is 11.8. The first-order valence-corrected chi connectivity index (χ1v) is 8.67. The maximum Gasteiger partial charge on any atom is 0.219 e. The Morgan fingerprint density at radius 1 is 1.19 bits per heavy atom. The number of carbonyl (C=O) groups is 1. The molecule has 7 heteroatoms. The highest BCUT2D eigenvalue weighted by Crippen LogP contribution is 2.10. The summed E-state index contributed by atoms with van der Waals surface area (Å²) in [5.41, 5.74) is 0. The number of nitrogens with one attached hydrogen (secondary N) is 1. The lowest BCUT2D eigenvalue weighted by atomic mass is 10.3. The average Bonchev–Trinajstić information content (AvgIpc) is 2.42. The average molecular weight is 316 g/mol. The van der Waals surface area contributed by atoms with Gasteiger partial charge in [-0.15, -0.1) is 0 Å². The number of guanidine groups is 1. The first-order chi connectivity index (χ1) is 9.75. The van der Waals surface area contributed by atoms with E-state index in [4.69, 9.17) is 0 Å². The Hall–Kier alpha value is -1.11. The summed E-state index contributed by atoms with van der Waals surface area (Å²) in [6, 6.07) is 0. The Balaban J connectivity index is 2.40. The van der Waals surface area contributed by atoms with Crippen molar-refractivity contribution in [3.8, 4) is 0 Å². The summed E-state index contributed by atoms with van der Waals surface area (Å²) in [7, 11) is 0.889. The molecule has 1 rings (SSSR count). The Morgan fingerprint density at radius 2 is 1.71 bits per heavy atom. The van der Waals surface area contributed by atoms with Crippen molar-refractivity contribution in [1.82, 2.24) is 15.1 Å². The quantitative estimate of drug-likeness (QED) is 0.600. The van der Waals surface area contributed by atoms with Gasteiger partial charge in [-0.2, -0.15) is 0 Å². The van der Waals surface area contributed by atoms with Gasteiger partial charge in [0.1, 0.15) is 0 Å². The van der Waals surface area contributed by atoms with Crippen LogP contribution in [0.1, 0.15) is 27.7 Å². The monoisotopic (exact) mass is 316 g/mol. The second kappa shape index (κ2) is 7.77. The van der Waals surface area contributed by atoms with Crippen LogP contribution >= 0.6 is 0 Å². The van der Waals surface area contributed by atoms with E-state index in [-0.39, 0.29) is 10.7 Å². The molecule has 1 aliphatic heterocycles. The van der Waals surface area contributed by atoms with Gasteiger partial charge in [0.25, 0.3) is 0 Å². The minimum absolute atomic E-state index is 0.123. The molecule has 21 heavy (non-hydrogen) atoms. The van der Waals surface area contributed by atoms with E-state index in [1.807, 2.05) is 25.7 Å². The first kappa shape index (κ1) is 17.9. The van der Waals surface area contributed by atoms with Crippen molar-refractivity contribution in [3.05, 3.63) is 0 Å². The SMILES string of the molecule is CN=C(NCCS(=O)C(C)(C)C)N1CCN(C(C)=O)CC1. The van der Waals surface area contributed by atoms with E-state index < -0.39 is 10.8 Å². The molecule has 0 aromatic heterocycles. The van der Waals surface area contributed by atoms with Crippen LogP contribution < -0.4 is 5.32 Å². The summed E-state index contributed by atoms with van der Waals surface area (Å²) in [5, 5.41) is 3.27. The molecular formula is C14H28N4O2S. The van der Waals surface area contributed by atoms with Gasteiger partial charge in [-0.05, 0) is 20.8 Å². The molecule has 1 unspecified atom stereocenters. The van der Waals surface area contributed by atoms with Crippen LogP contribution in [-0.4, -0.2) is 76.1 Å². The highest BCUT2D eigenvalue weighted by atomic mass is 32.2. The molecule has 1 N–H and O–H groups in total. The molecule has 0 saturated carbocycles. The van der Waals surface area contributed by atoms with Gasteiger partial charge in [0, 0.05) is 68.0 Å². The van der Waals surface area contributed by atoms with Gasteiger partial charge in [0.05, 0.1) is 0 Å². The molecule has 0 aromatic carbocycles. The van der Waals surface area contributed by atoms with Gasteiger partial charge in [-0.1, -0.05) is 0 Å². The summed E-state index contributed by atoms with van der Waals surface area (Å²) in [5.74, 6) is 1.55. The van der Waals surface area contributed by atoms with Gasteiger partial charge < -0.3 is 15.1 Å². The van der Waals surface area contributed by atoms with Crippen molar-refractivity contribution < 1.29 is 9.00 Å². The first-order valence-electron chi connectivity index (χ1n) is 7.35. The van der Waals surface area contributed by atoms with E-state index in [1.54, 1.807) is 14.0 Å². The summed E-state index contributed by atoms with van der Waals surface area (Å²) in [6.45, 7) is 11.2. The minimum Gasteiger partial charge on any atom is -0.355 e. The molecule has 1 fully saturated rings. The van der Waals surface area contributed by atoms with Crippen LogP contribution in [0.15, 0.2) is 4.99 Å². The Bertz CT molecular complexity index is 410. The number of carbonyl (C=O) groups excluding carboxylic acids is 1. The summed E-state index contributed by atoms with van der Waals surface area (Å²) in [4.78, 5) is 19.6. The van der Waals surface area contributed by atoms with E-state index in [1.165, 1.54) is 0 Å². The van der Waals surface area contributed by atoms with E-state index in [0.717, 1.165) is 32.1 Å². The predicted molar refractivity (Wildman–Crippen MR) is 88.0 cm³/mol. The highest BCUT2D eigenvalue weighted by Gasteiger charge is 2.22. The number of aliphatic imine (C=N–C) groups is 1. The number of amides is 1. The fourth-order valence-electron chi connectivity index (χ4n) is 2.13. The lowest BCUT2D eigenvalue weighted by Crippen LogP contribution is -2.53. The van der Waals surface area contributed by atoms with Gasteiger partial charge >= 0.3 is 0 Å². The molecule has 1 heterocycles. The third-order valence-electron chi connectivity index (χ3n) is 3.49. The molecule has 1 aliphatic rings. The number of nitrogens with zero attached hydrogens (tertiary/aromatic N) is 3. The second-order valence-corrected chi connectivity index (χ2v) is 8.45. The van der Waals surface area contributed by atoms with Gasteiger partial charge in [-0.25, -0.2) is 0 Å². The molecule has 1 saturated heterocycles. The fourth-order valence-corrected chi connectivity index (χ4v) is 3.03. The third-order valence-corrected chi connectivity index (χ3v) is 5.43. The second-order valence-electron chi connectivity index (χ2n) is 6.13. The third kappa shape index (κ3) is 5.65. The van der Waals surface area contributed by atoms with E-state index in [9.17, 15) is 9.00 Å². The molecule has 0 bridgehead atoms. The van der Waals surface area contributed by atoms with Crippen molar-refractivity contribution in [1.29, 1.82) is 0 Å². The Morgan fingerprint density at radius 3 is 2.14 bits per heavy atom. The van der Waals surface area contributed by atoms with Crippen molar-refractivity contribution in [3.63, 3.8) is 0 Å². The molecular weight excluding hydrogens is 288 g/mol. The lowest BCUT2D eigenvalue weighted by molar-refractivity contribution is -0.130. The topological polar surface area (TPSA) is 65.0 Å². The molecule has 6 nitrogen and oxygen atoms in total. The van der Waals surface area contributed by atoms with Crippen LogP contribution in [0.4, 0.5) is 0 Å². The number of hydrogen-bond donors (Lipinski definition) is 1. The molecule has 0 aromatic rings.